The van der Waals surface area contributed by atoms with E-state index in [2.05, 4.69) is 10.6 Å². The van der Waals surface area contributed by atoms with E-state index in [0.29, 0.717) is 0 Å². The summed E-state index contributed by atoms with van der Waals surface area (Å²) in [6.07, 6.45) is -40.3. The maximum absolute atomic E-state index is 12.8. The second-order valence-electron chi connectivity index (χ2n) is 15.5. The van der Waals surface area contributed by atoms with Gasteiger partial charge in [0.1, 0.15) is 85.5 Å². The minimum absolute atomic E-state index is 0.807. The molecule has 0 spiro atoms. The Hall–Kier alpha value is -2.96. The molecule has 2 amide bonds. The Kier molecular flexibility index (Phi) is 18.0. The lowest BCUT2D eigenvalue weighted by Gasteiger charge is -2.50. The zero-order valence-electron chi connectivity index (χ0n) is 33.4. The fraction of sp³-hybridized carbons (Fsp3) is 0.882. The van der Waals surface area contributed by atoms with Crippen LogP contribution < -0.4 is 10.6 Å². The van der Waals surface area contributed by atoms with Crippen LogP contribution in [0.3, 0.4) is 0 Å². The van der Waals surface area contributed by atoms with Crippen molar-refractivity contribution >= 4 is 23.8 Å². The zero-order chi connectivity index (χ0) is 47.5. The molecule has 0 aromatic carbocycles. The Morgan fingerprint density at radius 2 is 1.05 bits per heavy atom. The van der Waals surface area contributed by atoms with E-state index in [0.717, 1.165) is 13.8 Å². The lowest BCUT2D eigenvalue weighted by Crippen LogP contribution is -2.70. The molecular weight excluding hydrogens is 868 g/mol. The van der Waals surface area contributed by atoms with E-state index in [4.69, 9.17) is 33.2 Å². The molecule has 4 heterocycles. The highest BCUT2D eigenvalue weighted by Crippen LogP contribution is 2.39. The minimum Gasteiger partial charge on any atom is -0.477 e. The molecule has 29 nitrogen and oxygen atoms in total. The average molecular weight is 925 g/mol. The summed E-state index contributed by atoms with van der Waals surface area (Å²) >= 11 is 0. The Morgan fingerprint density at radius 1 is 0.635 bits per heavy atom. The first-order valence-corrected chi connectivity index (χ1v) is 19.3. The van der Waals surface area contributed by atoms with Crippen LogP contribution in [0, 0.1) is 0 Å². The number of nitrogens with one attached hydrogen (secondary N) is 2. The SMILES string of the molecule is CC(=O)N[C@H]1[C@H]([C@H](O)[C@H](O)CO)O[C@@](O[C@@H]2[C@@H](O)[C@H](O)O[C@H](CO[C@@H]3O[C@H](CO)[C@H](O)[C@H](O[C@]4(C(=O)O)C[C@H](O)[C@@H](NC(C)=O)[C@H]([C@H](O)[C@H](O)CO)O4)[C@H]3O)[C@@H]2O)(C(=O)O)C[C@@H]1O. The average Bonchev–Trinajstić information content (AvgIpc) is 3.22. The van der Waals surface area contributed by atoms with E-state index in [-0.39, 0.29) is 0 Å². The first-order valence-electron chi connectivity index (χ1n) is 19.3. The molecule has 4 aliphatic rings. The molecule has 4 fully saturated rings. The van der Waals surface area contributed by atoms with Gasteiger partial charge in [0.2, 0.25) is 11.8 Å². The molecule has 4 rings (SSSR count). The minimum atomic E-state index is -3.15. The third kappa shape index (κ3) is 11.4. The quantitative estimate of drug-likeness (QED) is 0.0607. The summed E-state index contributed by atoms with van der Waals surface area (Å²) < 4.78 is 38.3. The molecule has 63 heavy (non-hydrogen) atoms. The zero-order valence-corrected chi connectivity index (χ0v) is 33.4. The van der Waals surface area contributed by atoms with E-state index in [1.165, 1.54) is 0 Å². The van der Waals surface area contributed by atoms with E-state index in [1.807, 2.05) is 0 Å². The van der Waals surface area contributed by atoms with Gasteiger partial charge in [0.25, 0.3) is 11.6 Å². The summed E-state index contributed by atoms with van der Waals surface area (Å²) in [5.41, 5.74) is 0. The van der Waals surface area contributed by atoms with E-state index in [9.17, 15) is 101 Å². The van der Waals surface area contributed by atoms with Crippen LogP contribution >= 0.6 is 0 Å². The molecule has 0 aromatic rings. The molecule has 0 aliphatic carbocycles. The molecule has 364 valence electrons. The van der Waals surface area contributed by atoms with Crippen molar-refractivity contribution in [3.8, 4) is 0 Å². The summed E-state index contributed by atoms with van der Waals surface area (Å²) in [7, 11) is 0. The molecule has 4 saturated heterocycles. The number of carbonyl (C=O) groups is 4. The molecule has 0 aromatic heterocycles. The number of carboxylic acid groups (broad SMARTS) is 2. The highest BCUT2D eigenvalue weighted by Gasteiger charge is 2.61. The molecular formula is C34H56N2O27. The lowest BCUT2D eigenvalue weighted by molar-refractivity contribution is -0.379. The van der Waals surface area contributed by atoms with Gasteiger partial charge in [-0.2, -0.15) is 0 Å². The largest absolute Gasteiger partial charge is 0.477 e. The van der Waals surface area contributed by atoms with Crippen molar-refractivity contribution in [3.05, 3.63) is 0 Å². The third-order valence-corrected chi connectivity index (χ3v) is 10.9. The number of amides is 2. The standard InChI is InChI=1S/C34H56N2O27/c1-9(40)35-17-11(42)3-33(31(53)54,60-25(17)19(46)13(44)5-37)62-27-22(49)16(58-29(52)23(27)50)8-57-30-24(51)28(21(48)15(7-39)59-30)63-34(32(55)56)4-12(43)18(36-10(2)41)26(61-34)20(47)14(45)6-38/h11-30,37-39,42-52H,3-8H2,1-2H3,(H,35,40)(H,36,41)(H,53,54)(H,55,56)/t11-,12-,13+,14+,15+,16+,17+,18+,19+,20+,21-,22-,23+,24+,25+,26+,27-,28-,29+,30+,33-,34-/m0/s1. The molecule has 4 aliphatic heterocycles. The van der Waals surface area contributed by atoms with Crippen molar-refractivity contribution < 1.29 is 134 Å². The summed E-state index contributed by atoms with van der Waals surface area (Å²) in [5, 5.41) is 173. The number of aliphatic carboxylic acids is 2. The second kappa shape index (κ2) is 21.6. The van der Waals surface area contributed by atoms with Gasteiger partial charge in [0.15, 0.2) is 12.6 Å². The smallest absolute Gasteiger partial charge is 0.364 e. The fourth-order valence-electron chi connectivity index (χ4n) is 7.65. The van der Waals surface area contributed by atoms with Crippen LogP contribution in [0.15, 0.2) is 0 Å². The van der Waals surface area contributed by atoms with Gasteiger partial charge in [0.05, 0.1) is 50.7 Å². The summed E-state index contributed by atoms with van der Waals surface area (Å²) in [5.74, 6) is -12.0. The van der Waals surface area contributed by atoms with Crippen molar-refractivity contribution in [2.24, 2.45) is 0 Å². The number of aliphatic hydroxyl groups is 14. The van der Waals surface area contributed by atoms with Crippen LogP contribution in [0.5, 0.6) is 0 Å². The molecule has 0 radical (unpaired) electrons. The first kappa shape index (κ1) is 52.7. The fourth-order valence-corrected chi connectivity index (χ4v) is 7.65. The van der Waals surface area contributed by atoms with Gasteiger partial charge >= 0.3 is 11.9 Å². The van der Waals surface area contributed by atoms with Crippen LogP contribution in [-0.4, -0.2) is 266 Å². The maximum atomic E-state index is 12.8. The van der Waals surface area contributed by atoms with Gasteiger partial charge < -0.3 is 125 Å². The van der Waals surface area contributed by atoms with Crippen molar-refractivity contribution in [1.82, 2.24) is 10.6 Å². The molecule has 0 bridgehead atoms. The summed E-state index contributed by atoms with van der Waals surface area (Å²) in [6, 6.07) is -3.26. The van der Waals surface area contributed by atoms with Gasteiger partial charge in [-0.1, -0.05) is 0 Å². The van der Waals surface area contributed by atoms with Crippen molar-refractivity contribution in [3.63, 3.8) is 0 Å². The van der Waals surface area contributed by atoms with Gasteiger partial charge in [-0.15, -0.1) is 0 Å². The van der Waals surface area contributed by atoms with E-state index >= 15 is 0 Å². The Labute approximate surface area is 355 Å². The number of aliphatic hydroxyl groups excluding tert-OH is 14. The second-order valence-corrected chi connectivity index (χ2v) is 15.5. The summed E-state index contributed by atoms with van der Waals surface area (Å²) in [4.78, 5) is 49.3. The van der Waals surface area contributed by atoms with Gasteiger partial charge in [-0.05, 0) is 0 Å². The Bertz CT molecular complexity index is 1570. The van der Waals surface area contributed by atoms with Crippen LogP contribution in [-0.2, 0) is 52.3 Å². The monoisotopic (exact) mass is 924 g/mol. The number of hydrogen-bond donors (Lipinski definition) is 18. The molecule has 0 saturated carbocycles. The summed E-state index contributed by atoms with van der Waals surface area (Å²) in [6.45, 7) is -2.34. The topological polar surface area (TPSA) is 481 Å². The molecule has 18 N–H and O–H groups in total. The maximum Gasteiger partial charge on any atom is 0.364 e. The number of rotatable bonds is 18. The van der Waals surface area contributed by atoms with E-state index in [1.54, 1.807) is 0 Å². The predicted octanol–water partition coefficient (Wildman–Crippen LogP) is -11.0. The molecule has 22 atom stereocenters. The van der Waals surface area contributed by atoms with Crippen LogP contribution in [0.4, 0.5) is 0 Å². The predicted molar refractivity (Wildman–Crippen MR) is 191 cm³/mol. The van der Waals surface area contributed by atoms with Crippen LogP contribution in [0.25, 0.3) is 0 Å². The molecule has 29 heteroatoms. The van der Waals surface area contributed by atoms with Crippen LogP contribution in [0.2, 0.25) is 0 Å². The highest BCUT2D eigenvalue weighted by atomic mass is 16.8. The van der Waals surface area contributed by atoms with Crippen LogP contribution in [0.1, 0.15) is 26.7 Å². The number of carbonyl (C=O) groups excluding carboxylic acids is 2. The lowest BCUT2D eigenvalue weighted by atomic mass is 9.88. The van der Waals surface area contributed by atoms with Gasteiger partial charge in [0, 0.05) is 26.7 Å². The normalized spacial score (nSPS) is 42.9. The first-order chi connectivity index (χ1) is 29.4. The number of hydrogen-bond acceptors (Lipinski definition) is 25. The van der Waals surface area contributed by atoms with Gasteiger partial charge in [-0.3, -0.25) is 9.59 Å². The number of ether oxygens (including phenoxy) is 7. The number of carboxylic acids is 2. The van der Waals surface area contributed by atoms with Gasteiger partial charge in [-0.25, -0.2) is 9.59 Å². The Balaban J connectivity index is 1.59. The van der Waals surface area contributed by atoms with Crippen molar-refractivity contribution in [2.75, 3.05) is 26.4 Å². The van der Waals surface area contributed by atoms with Crippen molar-refractivity contribution in [2.45, 2.75) is 161 Å². The third-order valence-electron chi connectivity index (χ3n) is 10.9. The Morgan fingerprint density at radius 3 is 1.43 bits per heavy atom. The molecule has 0 unspecified atom stereocenters. The van der Waals surface area contributed by atoms with Crippen molar-refractivity contribution in [1.29, 1.82) is 0 Å². The highest BCUT2D eigenvalue weighted by molar-refractivity contribution is 5.77. The van der Waals surface area contributed by atoms with E-state index < -0.39 is 197 Å².